The van der Waals surface area contributed by atoms with E-state index >= 15 is 0 Å². The lowest BCUT2D eigenvalue weighted by Gasteiger charge is -2.31. The van der Waals surface area contributed by atoms with Gasteiger partial charge >= 0.3 is 0 Å². The van der Waals surface area contributed by atoms with E-state index in [-0.39, 0.29) is 6.04 Å². The molecule has 82 valence electrons. The minimum atomic E-state index is 0.166. The molecule has 0 aromatic heterocycles. The number of piperidine rings is 1. The maximum atomic E-state index is 9.24. The molecule has 2 fully saturated rings. The molecule has 0 spiro atoms. The lowest BCUT2D eigenvalue weighted by atomic mass is 10.0. The normalized spacial score (nSPS) is 32.8. The van der Waals surface area contributed by atoms with E-state index in [0.29, 0.717) is 5.92 Å². The molecule has 0 radical (unpaired) electrons. The van der Waals surface area contributed by atoms with Crippen LogP contribution in [0.25, 0.3) is 0 Å². The third-order valence-electron chi connectivity index (χ3n) is 3.92. The molecule has 1 heterocycles. The second-order valence-electron chi connectivity index (χ2n) is 4.98. The summed E-state index contributed by atoms with van der Waals surface area (Å²) in [5.41, 5.74) is 1.32. The van der Waals surface area contributed by atoms with E-state index in [9.17, 15) is 5.26 Å². The van der Waals surface area contributed by atoms with E-state index in [4.69, 9.17) is 0 Å². The van der Waals surface area contributed by atoms with Gasteiger partial charge < -0.3 is 0 Å². The number of benzene rings is 1. The molecule has 2 aliphatic rings. The summed E-state index contributed by atoms with van der Waals surface area (Å²) in [7, 11) is 0. The van der Waals surface area contributed by atoms with Crippen LogP contribution in [-0.2, 0) is 6.54 Å². The van der Waals surface area contributed by atoms with Crippen molar-refractivity contribution in [3.8, 4) is 6.07 Å². The van der Waals surface area contributed by atoms with Crippen molar-refractivity contribution in [2.24, 2.45) is 11.8 Å². The standard InChI is InChI=1S/C14H16N2/c15-9-14-13-8-12(13)6-7-16(14)10-11-4-2-1-3-5-11/h1-5,12-14H,6-8,10H2. The fourth-order valence-corrected chi connectivity index (χ4v) is 2.90. The molecule has 2 nitrogen and oxygen atoms in total. The summed E-state index contributed by atoms with van der Waals surface area (Å²) in [6.45, 7) is 2.02. The second-order valence-corrected chi connectivity index (χ2v) is 4.98. The molecule has 1 aromatic carbocycles. The van der Waals surface area contributed by atoms with Crippen LogP contribution in [0, 0.1) is 23.2 Å². The Morgan fingerprint density at radius 1 is 1.31 bits per heavy atom. The summed E-state index contributed by atoms with van der Waals surface area (Å²) in [6, 6.07) is 13.1. The number of rotatable bonds is 2. The molecule has 1 aliphatic carbocycles. The summed E-state index contributed by atoms with van der Waals surface area (Å²) >= 11 is 0. The van der Waals surface area contributed by atoms with Crippen LogP contribution in [0.3, 0.4) is 0 Å². The summed E-state index contributed by atoms with van der Waals surface area (Å²) in [5, 5.41) is 9.24. The zero-order valence-corrected chi connectivity index (χ0v) is 9.34. The van der Waals surface area contributed by atoms with Gasteiger partial charge in [0.2, 0.25) is 0 Å². The van der Waals surface area contributed by atoms with Crippen LogP contribution >= 0.6 is 0 Å². The molecule has 0 amide bonds. The van der Waals surface area contributed by atoms with Gasteiger partial charge in [-0.3, -0.25) is 4.90 Å². The molecule has 3 atom stereocenters. The number of fused-ring (bicyclic) bond motifs is 1. The highest BCUT2D eigenvalue weighted by atomic mass is 15.2. The molecule has 1 saturated heterocycles. The summed E-state index contributed by atoms with van der Waals surface area (Å²) in [5.74, 6) is 1.53. The van der Waals surface area contributed by atoms with Crippen LogP contribution in [0.2, 0.25) is 0 Å². The molecular weight excluding hydrogens is 196 g/mol. The Bertz CT molecular complexity index is 406. The van der Waals surface area contributed by atoms with Gasteiger partial charge in [0.1, 0.15) is 6.04 Å². The Labute approximate surface area is 96.5 Å². The topological polar surface area (TPSA) is 27.0 Å². The van der Waals surface area contributed by atoms with Crippen molar-refractivity contribution in [1.82, 2.24) is 4.90 Å². The van der Waals surface area contributed by atoms with E-state index in [1.807, 2.05) is 6.07 Å². The van der Waals surface area contributed by atoms with Gasteiger partial charge in [-0.1, -0.05) is 30.3 Å². The largest absolute Gasteiger partial charge is 0.283 e. The number of nitrogens with zero attached hydrogens (tertiary/aromatic N) is 2. The highest BCUT2D eigenvalue weighted by Gasteiger charge is 2.48. The summed E-state index contributed by atoms with van der Waals surface area (Å²) in [4.78, 5) is 2.35. The molecule has 0 bridgehead atoms. The van der Waals surface area contributed by atoms with E-state index in [1.165, 1.54) is 18.4 Å². The third-order valence-corrected chi connectivity index (χ3v) is 3.92. The van der Waals surface area contributed by atoms with E-state index in [0.717, 1.165) is 19.0 Å². The first-order valence-corrected chi connectivity index (χ1v) is 6.06. The van der Waals surface area contributed by atoms with Crippen LogP contribution in [0.4, 0.5) is 0 Å². The van der Waals surface area contributed by atoms with Gasteiger partial charge in [0, 0.05) is 13.1 Å². The van der Waals surface area contributed by atoms with Gasteiger partial charge in [-0.05, 0) is 30.2 Å². The lowest BCUT2D eigenvalue weighted by molar-refractivity contribution is 0.166. The Balaban J connectivity index is 1.72. The zero-order valence-electron chi connectivity index (χ0n) is 9.34. The molecule has 2 heteroatoms. The van der Waals surface area contributed by atoms with Gasteiger partial charge in [-0.2, -0.15) is 5.26 Å². The fourth-order valence-electron chi connectivity index (χ4n) is 2.90. The predicted molar refractivity (Wildman–Crippen MR) is 62.5 cm³/mol. The lowest BCUT2D eigenvalue weighted by Crippen LogP contribution is -2.39. The van der Waals surface area contributed by atoms with Crippen molar-refractivity contribution in [3.05, 3.63) is 35.9 Å². The number of nitriles is 1. The third kappa shape index (κ3) is 1.72. The first kappa shape index (κ1) is 9.86. The maximum absolute atomic E-state index is 9.24. The van der Waals surface area contributed by atoms with Crippen molar-refractivity contribution in [3.63, 3.8) is 0 Å². The second kappa shape index (κ2) is 3.92. The Hall–Kier alpha value is -1.33. The van der Waals surface area contributed by atoms with Gasteiger partial charge in [-0.25, -0.2) is 0 Å². The molecule has 1 aliphatic heterocycles. The van der Waals surface area contributed by atoms with Crippen LogP contribution in [-0.4, -0.2) is 17.5 Å². The van der Waals surface area contributed by atoms with Crippen LogP contribution in [0.5, 0.6) is 0 Å². The highest BCUT2D eigenvalue weighted by Crippen LogP contribution is 2.48. The smallest absolute Gasteiger partial charge is 0.101 e. The van der Waals surface area contributed by atoms with Crippen molar-refractivity contribution in [2.45, 2.75) is 25.4 Å². The van der Waals surface area contributed by atoms with Gasteiger partial charge in [0.15, 0.2) is 0 Å². The predicted octanol–water partition coefficient (Wildman–Crippen LogP) is 2.42. The first-order chi connectivity index (χ1) is 7.88. The summed E-state index contributed by atoms with van der Waals surface area (Å²) in [6.07, 6.45) is 2.57. The Kier molecular flexibility index (Phi) is 2.41. The number of hydrogen-bond donors (Lipinski definition) is 0. The molecule has 1 saturated carbocycles. The molecule has 3 rings (SSSR count). The van der Waals surface area contributed by atoms with Gasteiger partial charge in [0.05, 0.1) is 6.07 Å². The number of hydrogen-bond acceptors (Lipinski definition) is 2. The first-order valence-electron chi connectivity index (χ1n) is 6.06. The molecule has 16 heavy (non-hydrogen) atoms. The minimum absolute atomic E-state index is 0.166. The fraction of sp³-hybridized carbons (Fsp3) is 0.500. The van der Waals surface area contributed by atoms with E-state index in [2.05, 4.69) is 35.2 Å². The monoisotopic (exact) mass is 212 g/mol. The molecule has 1 aromatic rings. The van der Waals surface area contributed by atoms with Crippen molar-refractivity contribution < 1.29 is 0 Å². The van der Waals surface area contributed by atoms with Gasteiger partial charge in [-0.15, -0.1) is 0 Å². The van der Waals surface area contributed by atoms with Gasteiger partial charge in [0.25, 0.3) is 0 Å². The van der Waals surface area contributed by atoms with Crippen molar-refractivity contribution in [2.75, 3.05) is 6.54 Å². The quantitative estimate of drug-likeness (QED) is 0.752. The molecular formula is C14H16N2. The Morgan fingerprint density at radius 2 is 2.12 bits per heavy atom. The highest BCUT2D eigenvalue weighted by molar-refractivity contribution is 5.17. The number of likely N-dealkylation sites (tertiary alicyclic amines) is 1. The van der Waals surface area contributed by atoms with E-state index in [1.54, 1.807) is 0 Å². The average Bonchev–Trinajstić information content (AvgIpc) is 3.09. The SMILES string of the molecule is N#CC1C2CC2CCN1Cc1ccccc1. The Morgan fingerprint density at radius 3 is 2.88 bits per heavy atom. The maximum Gasteiger partial charge on any atom is 0.101 e. The van der Waals surface area contributed by atoms with Crippen LogP contribution in [0.15, 0.2) is 30.3 Å². The van der Waals surface area contributed by atoms with E-state index < -0.39 is 0 Å². The molecule has 0 N–H and O–H groups in total. The van der Waals surface area contributed by atoms with Crippen molar-refractivity contribution >= 4 is 0 Å². The zero-order chi connectivity index (χ0) is 11.0. The van der Waals surface area contributed by atoms with Crippen LogP contribution in [0.1, 0.15) is 18.4 Å². The minimum Gasteiger partial charge on any atom is -0.283 e. The van der Waals surface area contributed by atoms with Crippen LogP contribution < -0.4 is 0 Å². The van der Waals surface area contributed by atoms with Crippen molar-refractivity contribution in [1.29, 1.82) is 5.26 Å². The summed E-state index contributed by atoms with van der Waals surface area (Å²) < 4.78 is 0. The average molecular weight is 212 g/mol. The molecule has 3 unspecified atom stereocenters.